The van der Waals surface area contributed by atoms with Crippen molar-refractivity contribution in [1.82, 2.24) is 29.9 Å². The molecule has 0 amide bonds. The molecule has 16 heavy (non-hydrogen) atoms. The highest BCUT2D eigenvalue weighted by Crippen LogP contribution is 2.18. The highest BCUT2D eigenvalue weighted by atomic mass is 35.5. The van der Waals surface area contributed by atoms with E-state index in [1.807, 2.05) is 0 Å². The summed E-state index contributed by atoms with van der Waals surface area (Å²) < 4.78 is 2.57. The van der Waals surface area contributed by atoms with Gasteiger partial charge >= 0.3 is 0 Å². The van der Waals surface area contributed by atoms with Gasteiger partial charge in [-0.2, -0.15) is 0 Å². The van der Waals surface area contributed by atoms with Crippen molar-refractivity contribution in [3.8, 4) is 0 Å². The van der Waals surface area contributed by atoms with Gasteiger partial charge in [-0.1, -0.05) is 11.3 Å². The third-order valence-corrected chi connectivity index (χ3v) is 3.52. The van der Waals surface area contributed by atoms with Gasteiger partial charge in [-0.15, -0.1) is 20.4 Å². The van der Waals surface area contributed by atoms with Crippen molar-refractivity contribution in [2.24, 2.45) is 0 Å². The molecule has 0 radical (unpaired) electrons. The molecule has 0 bridgehead atoms. The van der Waals surface area contributed by atoms with Crippen LogP contribution in [0.25, 0.3) is 0 Å². The minimum Gasteiger partial charge on any atom is -0.315 e. The predicted molar refractivity (Wildman–Crippen MR) is 59.1 cm³/mol. The Morgan fingerprint density at radius 2 is 2.25 bits per heavy atom. The Bertz CT molecular complexity index is 494. The van der Waals surface area contributed by atoms with Gasteiger partial charge in [-0.25, -0.2) is 0 Å². The number of rotatable bonds is 2. The molecule has 8 heteroatoms. The molecule has 0 aromatic carbocycles. The van der Waals surface area contributed by atoms with Gasteiger partial charge in [-0.3, -0.25) is 4.90 Å². The average molecular weight is 257 g/mol. The molecule has 6 nitrogen and oxygen atoms in total. The molecule has 3 rings (SSSR count). The second-order valence-corrected chi connectivity index (χ2v) is 5.24. The smallest absolute Gasteiger partial charge is 0.207 e. The lowest BCUT2D eigenvalue weighted by Crippen LogP contribution is -2.33. The molecule has 0 N–H and O–H groups in total. The first kappa shape index (κ1) is 10.1. The molecule has 84 valence electrons. The molecule has 0 unspecified atom stereocenters. The molecule has 3 heterocycles. The van der Waals surface area contributed by atoms with Crippen LogP contribution in [0.3, 0.4) is 0 Å². The molecule has 2 aromatic rings. The number of fused-ring (bicyclic) bond motifs is 1. The maximum Gasteiger partial charge on any atom is 0.207 e. The highest BCUT2D eigenvalue weighted by Gasteiger charge is 2.18. The minimum absolute atomic E-state index is 0.496. The lowest BCUT2D eigenvalue weighted by molar-refractivity contribution is 0.208. The first-order valence-corrected chi connectivity index (χ1v) is 6.07. The average Bonchev–Trinajstić information content (AvgIpc) is 2.87. The first-order chi connectivity index (χ1) is 7.81. The number of aromatic nitrogens is 5. The van der Waals surface area contributed by atoms with Crippen LogP contribution >= 0.6 is 22.9 Å². The molecule has 1 aliphatic heterocycles. The standard InChI is InChI=1S/C8H9ClN6S/c9-8-13-12-7(16-8)4-14-1-2-15-5-10-11-6(15)3-14/h5H,1-4H2. The Morgan fingerprint density at radius 1 is 1.31 bits per heavy atom. The van der Waals surface area contributed by atoms with Gasteiger partial charge < -0.3 is 4.57 Å². The van der Waals surface area contributed by atoms with Crippen molar-refractivity contribution in [2.45, 2.75) is 19.6 Å². The number of halogens is 1. The van der Waals surface area contributed by atoms with E-state index in [-0.39, 0.29) is 0 Å². The van der Waals surface area contributed by atoms with Gasteiger partial charge in [0.2, 0.25) is 4.47 Å². The summed E-state index contributed by atoms with van der Waals surface area (Å²) in [6, 6.07) is 0. The van der Waals surface area contributed by atoms with E-state index in [2.05, 4.69) is 29.9 Å². The number of hydrogen-bond acceptors (Lipinski definition) is 6. The monoisotopic (exact) mass is 256 g/mol. The van der Waals surface area contributed by atoms with Crippen LogP contribution < -0.4 is 0 Å². The molecule has 0 aliphatic carbocycles. The second kappa shape index (κ2) is 4.08. The van der Waals surface area contributed by atoms with Crippen molar-refractivity contribution in [2.75, 3.05) is 6.54 Å². The van der Waals surface area contributed by atoms with Crippen LogP contribution in [0, 0.1) is 0 Å². The zero-order valence-corrected chi connectivity index (χ0v) is 9.95. The van der Waals surface area contributed by atoms with E-state index in [1.165, 1.54) is 11.3 Å². The van der Waals surface area contributed by atoms with Crippen LogP contribution in [0.1, 0.15) is 10.8 Å². The fourth-order valence-electron chi connectivity index (χ4n) is 1.74. The molecule has 0 saturated carbocycles. The summed E-state index contributed by atoms with van der Waals surface area (Å²) in [6.45, 7) is 3.48. The topological polar surface area (TPSA) is 59.7 Å². The summed E-state index contributed by atoms with van der Waals surface area (Å²) in [5, 5.41) is 16.7. The Labute approximate surface area is 101 Å². The Hall–Kier alpha value is -1.05. The van der Waals surface area contributed by atoms with E-state index in [0.29, 0.717) is 4.47 Å². The molecule has 0 spiro atoms. The van der Waals surface area contributed by atoms with E-state index in [0.717, 1.165) is 37.0 Å². The van der Waals surface area contributed by atoms with Crippen LogP contribution in [-0.2, 0) is 19.6 Å². The van der Waals surface area contributed by atoms with E-state index < -0.39 is 0 Å². The van der Waals surface area contributed by atoms with E-state index in [1.54, 1.807) is 6.33 Å². The molecular formula is C8H9ClN6S. The third-order valence-electron chi connectivity index (χ3n) is 2.52. The van der Waals surface area contributed by atoms with E-state index in [4.69, 9.17) is 11.6 Å². The predicted octanol–water partition coefficient (Wildman–Crippen LogP) is 0.799. The molecule has 1 aliphatic rings. The van der Waals surface area contributed by atoms with Crippen LogP contribution in [0.15, 0.2) is 6.33 Å². The maximum atomic E-state index is 5.74. The summed E-state index contributed by atoms with van der Waals surface area (Å²) in [5.74, 6) is 1.00. The van der Waals surface area contributed by atoms with Crippen LogP contribution in [-0.4, -0.2) is 36.4 Å². The van der Waals surface area contributed by atoms with Gasteiger partial charge in [0, 0.05) is 13.1 Å². The van der Waals surface area contributed by atoms with E-state index >= 15 is 0 Å². The molecule has 0 atom stereocenters. The Morgan fingerprint density at radius 3 is 3.06 bits per heavy atom. The lowest BCUT2D eigenvalue weighted by Gasteiger charge is -2.25. The van der Waals surface area contributed by atoms with Gasteiger partial charge in [0.25, 0.3) is 0 Å². The largest absolute Gasteiger partial charge is 0.315 e. The first-order valence-electron chi connectivity index (χ1n) is 4.88. The zero-order valence-electron chi connectivity index (χ0n) is 8.38. The Balaban J connectivity index is 1.70. The van der Waals surface area contributed by atoms with Gasteiger partial charge in [0.05, 0.1) is 13.1 Å². The third kappa shape index (κ3) is 1.93. The van der Waals surface area contributed by atoms with Crippen molar-refractivity contribution in [3.63, 3.8) is 0 Å². The highest BCUT2D eigenvalue weighted by molar-refractivity contribution is 7.15. The molecular weight excluding hydrogens is 248 g/mol. The fraction of sp³-hybridized carbons (Fsp3) is 0.500. The van der Waals surface area contributed by atoms with Crippen molar-refractivity contribution >= 4 is 22.9 Å². The van der Waals surface area contributed by atoms with Crippen LogP contribution in [0.4, 0.5) is 0 Å². The summed E-state index contributed by atoms with van der Waals surface area (Å²) in [7, 11) is 0. The van der Waals surface area contributed by atoms with Crippen LogP contribution in [0.5, 0.6) is 0 Å². The normalized spacial score (nSPS) is 16.3. The second-order valence-electron chi connectivity index (χ2n) is 3.60. The summed E-state index contributed by atoms with van der Waals surface area (Å²) in [6.07, 6.45) is 1.77. The lowest BCUT2D eigenvalue weighted by atomic mass is 10.3. The summed E-state index contributed by atoms with van der Waals surface area (Å²) in [5.41, 5.74) is 0. The van der Waals surface area contributed by atoms with Crippen molar-refractivity contribution in [3.05, 3.63) is 21.6 Å². The van der Waals surface area contributed by atoms with Gasteiger partial charge in [0.15, 0.2) is 0 Å². The Kier molecular flexibility index (Phi) is 2.58. The number of nitrogens with zero attached hydrogens (tertiary/aromatic N) is 6. The zero-order chi connectivity index (χ0) is 11.0. The van der Waals surface area contributed by atoms with Gasteiger partial charge in [0.1, 0.15) is 17.2 Å². The van der Waals surface area contributed by atoms with Crippen molar-refractivity contribution < 1.29 is 0 Å². The fourth-order valence-corrected chi connectivity index (χ4v) is 2.65. The SMILES string of the molecule is Clc1nnc(CN2CCn3cnnc3C2)s1. The molecule has 0 fully saturated rings. The van der Waals surface area contributed by atoms with E-state index in [9.17, 15) is 0 Å². The molecule has 0 saturated heterocycles. The maximum absolute atomic E-state index is 5.74. The summed E-state index contributed by atoms with van der Waals surface area (Å²) >= 11 is 7.17. The van der Waals surface area contributed by atoms with Gasteiger partial charge in [-0.05, 0) is 11.6 Å². The minimum atomic E-state index is 0.496. The molecule has 2 aromatic heterocycles. The number of hydrogen-bond donors (Lipinski definition) is 0. The quantitative estimate of drug-likeness (QED) is 0.795. The van der Waals surface area contributed by atoms with Crippen molar-refractivity contribution in [1.29, 1.82) is 0 Å². The van der Waals surface area contributed by atoms with Crippen LogP contribution in [0.2, 0.25) is 4.47 Å². The summed E-state index contributed by atoms with van der Waals surface area (Å²) in [4.78, 5) is 2.26.